The van der Waals surface area contributed by atoms with Crippen LogP contribution in [0.3, 0.4) is 0 Å². The second kappa shape index (κ2) is 5.91. The quantitative estimate of drug-likeness (QED) is 0.565. The van der Waals surface area contributed by atoms with Gasteiger partial charge in [-0.1, -0.05) is 31.0 Å². The molecule has 1 heterocycles. The third-order valence-electron chi connectivity index (χ3n) is 2.34. The Hall–Kier alpha value is -0.700. The normalized spacial score (nSPS) is 19.2. The van der Waals surface area contributed by atoms with Crippen LogP contribution in [0, 0.1) is 0 Å². The first kappa shape index (κ1) is 11.4. The van der Waals surface area contributed by atoms with Crippen molar-refractivity contribution in [2.45, 2.75) is 25.7 Å². The summed E-state index contributed by atoms with van der Waals surface area (Å²) < 4.78 is 0. The van der Waals surface area contributed by atoms with E-state index in [1.807, 2.05) is 0 Å². The predicted molar refractivity (Wildman–Crippen MR) is 61.5 cm³/mol. The van der Waals surface area contributed by atoms with Crippen molar-refractivity contribution in [3.63, 3.8) is 0 Å². The van der Waals surface area contributed by atoms with Crippen molar-refractivity contribution in [3.8, 4) is 0 Å². The Morgan fingerprint density at radius 1 is 1.29 bits per heavy atom. The molecular weight excluding hydrogens is 198 g/mol. The van der Waals surface area contributed by atoms with Crippen LogP contribution in [0.15, 0.2) is 16.6 Å². The first-order chi connectivity index (χ1) is 6.70. The number of hydrogen-bond donors (Lipinski definition) is 1. The topological polar surface area (TPSA) is 41.6 Å². The molecule has 0 unspecified atom stereocenters. The van der Waals surface area contributed by atoms with Crippen molar-refractivity contribution in [2.24, 2.45) is 10.7 Å². The monoisotopic (exact) mass is 215 g/mol. The van der Waals surface area contributed by atoms with E-state index in [9.17, 15) is 0 Å². The number of likely N-dealkylation sites (tertiary alicyclic amines) is 1. The average Bonchev–Trinajstić information content (AvgIpc) is 2.42. The lowest BCUT2D eigenvalue weighted by atomic mass is 10.2. The highest BCUT2D eigenvalue weighted by Gasteiger charge is 2.10. The Morgan fingerprint density at radius 2 is 1.86 bits per heavy atom. The summed E-state index contributed by atoms with van der Waals surface area (Å²) >= 11 is 5.62. The van der Waals surface area contributed by atoms with Gasteiger partial charge < -0.3 is 10.6 Å². The third kappa shape index (κ3) is 4.01. The van der Waals surface area contributed by atoms with E-state index < -0.39 is 0 Å². The van der Waals surface area contributed by atoms with Crippen LogP contribution >= 0.6 is 11.6 Å². The minimum absolute atomic E-state index is 0.421. The fraction of sp³-hybridized carbons (Fsp3) is 0.700. The number of halogens is 1. The summed E-state index contributed by atoms with van der Waals surface area (Å²) in [6.45, 7) is 6.03. The van der Waals surface area contributed by atoms with Crippen LogP contribution in [-0.4, -0.2) is 30.5 Å². The predicted octanol–water partition coefficient (Wildman–Crippen LogP) is 1.93. The summed E-state index contributed by atoms with van der Waals surface area (Å²) in [7, 11) is 0. The summed E-state index contributed by atoms with van der Waals surface area (Å²) in [5.41, 5.74) is 5.84. The number of nitrogens with two attached hydrogens (primary N) is 1. The van der Waals surface area contributed by atoms with Crippen molar-refractivity contribution in [1.29, 1.82) is 0 Å². The lowest BCUT2D eigenvalue weighted by Crippen LogP contribution is -2.38. The molecule has 1 aliphatic rings. The molecule has 0 atom stereocenters. The first-order valence-electron chi connectivity index (χ1n) is 5.08. The van der Waals surface area contributed by atoms with Crippen molar-refractivity contribution >= 4 is 17.6 Å². The van der Waals surface area contributed by atoms with Gasteiger partial charge in [0.25, 0.3) is 0 Å². The van der Waals surface area contributed by atoms with Crippen LogP contribution in [0.1, 0.15) is 25.7 Å². The van der Waals surface area contributed by atoms with Gasteiger partial charge in [0.2, 0.25) is 0 Å². The van der Waals surface area contributed by atoms with Crippen molar-refractivity contribution in [1.82, 2.24) is 4.90 Å². The zero-order valence-corrected chi connectivity index (χ0v) is 9.26. The Kier molecular flexibility index (Phi) is 4.80. The van der Waals surface area contributed by atoms with E-state index in [1.165, 1.54) is 25.7 Å². The minimum atomic E-state index is 0.421. The van der Waals surface area contributed by atoms with Crippen LogP contribution in [0.5, 0.6) is 0 Å². The maximum absolute atomic E-state index is 5.84. The molecule has 2 N–H and O–H groups in total. The Bertz CT molecular complexity index is 217. The number of nitrogens with zero attached hydrogens (tertiary/aromatic N) is 2. The molecule has 0 aromatic carbocycles. The molecule has 0 bridgehead atoms. The van der Waals surface area contributed by atoms with Crippen LogP contribution in [0.4, 0.5) is 0 Å². The Morgan fingerprint density at radius 3 is 2.36 bits per heavy atom. The molecule has 0 aromatic heterocycles. The summed E-state index contributed by atoms with van der Waals surface area (Å²) in [5.74, 6) is 0.605. The first-order valence-corrected chi connectivity index (χ1v) is 5.46. The average molecular weight is 216 g/mol. The van der Waals surface area contributed by atoms with E-state index in [-0.39, 0.29) is 0 Å². The molecule has 4 heteroatoms. The van der Waals surface area contributed by atoms with Crippen molar-refractivity contribution < 1.29 is 0 Å². The van der Waals surface area contributed by atoms with E-state index >= 15 is 0 Å². The molecule has 3 nitrogen and oxygen atoms in total. The van der Waals surface area contributed by atoms with Gasteiger partial charge in [-0.25, -0.2) is 4.99 Å². The molecule has 1 aliphatic heterocycles. The van der Waals surface area contributed by atoms with Gasteiger partial charge in [-0.3, -0.25) is 0 Å². The second-order valence-corrected chi connectivity index (χ2v) is 4.13. The largest absolute Gasteiger partial charge is 0.370 e. The van der Waals surface area contributed by atoms with E-state index in [4.69, 9.17) is 17.3 Å². The number of rotatable bonds is 2. The van der Waals surface area contributed by atoms with Gasteiger partial charge in [-0.05, 0) is 12.8 Å². The lowest BCUT2D eigenvalue weighted by Gasteiger charge is -2.20. The van der Waals surface area contributed by atoms with E-state index in [0.717, 1.165) is 13.1 Å². The molecule has 0 spiro atoms. The van der Waals surface area contributed by atoms with Crippen LogP contribution in [-0.2, 0) is 0 Å². The van der Waals surface area contributed by atoms with E-state index in [1.54, 1.807) is 0 Å². The number of aliphatic imine (C=N–C) groups is 1. The molecule has 1 rings (SSSR count). The van der Waals surface area contributed by atoms with Crippen LogP contribution < -0.4 is 5.73 Å². The van der Waals surface area contributed by atoms with Crippen molar-refractivity contribution in [3.05, 3.63) is 11.6 Å². The van der Waals surface area contributed by atoms with E-state index in [2.05, 4.69) is 16.5 Å². The zero-order chi connectivity index (χ0) is 10.4. The molecule has 0 aromatic rings. The van der Waals surface area contributed by atoms with Gasteiger partial charge in [-0.2, -0.15) is 0 Å². The van der Waals surface area contributed by atoms with Gasteiger partial charge in [-0.15, -0.1) is 0 Å². The Labute approximate surface area is 90.6 Å². The fourth-order valence-corrected chi connectivity index (χ4v) is 1.63. The molecule has 14 heavy (non-hydrogen) atoms. The molecule has 0 radical (unpaired) electrons. The van der Waals surface area contributed by atoms with Gasteiger partial charge in [0.05, 0.1) is 6.54 Å². The van der Waals surface area contributed by atoms with Gasteiger partial charge >= 0.3 is 0 Å². The number of guanidine groups is 1. The van der Waals surface area contributed by atoms with Gasteiger partial charge in [0.15, 0.2) is 5.96 Å². The van der Waals surface area contributed by atoms with Crippen molar-refractivity contribution in [2.75, 3.05) is 19.6 Å². The smallest absolute Gasteiger partial charge is 0.191 e. The van der Waals surface area contributed by atoms with Gasteiger partial charge in [0, 0.05) is 18.1 Å². The van der Waals surface area contributed by atoms with Crippen LogP contribution in [0.2, 0.25) is 0 Å². The highest BCUT2D eigenvalue weighted by molar-refractivity contribution is 6.29. The molecule has 0 amide bonds. The minimum Gasteiger partial charge on any atom is -0.370 e. The molecule has 0 saturated carbocycles. The summed E-state index contributed by atoms with van der Waals surface area (Å²) in [4.78, 5) is 6.31. The highest BCUT2D eigenvalue weighted by Crippen LogP contribution is 2.09. The van der Waals surface area contributed by atoms with Gasteiger partial charge in [0.1, 0.15) is 0 Å². The number of hydrogen-bond acceptors (Lipinski definition) is 1. The maximum Gasteiger partial charge on any atom is 0.191 e. The second-order valence-electron chi connectivity index (χ2n) is 3.59. The maximum atomic E-state index is 5.84. The Balaban J connectivity index is 2.44. The summed E-state index contributed by atoms with van der Waals surface area (Å²) in [6, 6.07) is 0. The molecule has 0 aliphatic carbocycles. The SMILES string of the molecule is C=C(Cl)CN=C(N)N1CCCCCC1. The molecule has 1 saturated heterocycles. The highest BCUT2D eigenvalue weighted by atomic mass is 35.5. The molecule has 80 valence electrons. The fourth-order valence-electron chi connectivity index (χ4n) is 1.57. The summed E-state index contributed by atoms with van der Waals surface area (Å²) in [5, 5.41) is 0.530. The molecular formula is C10H18ClN3. The summed E-state index contributed by atoms with van der Waals surface area (Å²) in [6.07, 6.45) is 5.01. The zero-order valence-electron chi connectivity index (χ0n) is 8.51. The molecule has 1 fully saturated rings. The third-order valence-corrected chi connectivity index (χ3v) is 2.46. The standard InChI is InChI=1S/C10H18ClN3/c1-9(11)8-13-10(12)14-6-4-2-3-5-7-14/h1-8H2,(H2,12,13). The van der Waals surface area contributed by atoms with E-state index in [0.29, 0.717) is 17.5 Å². The van der Waals surface area contributed by atoms with Crippen LogP contribution in [0.25, 0.3) is 0 Å². The lowest BCUT2D eigenvalue weighted by molar-refractivity contribution is 0.429.